The van der Waals surface area contributed by atoms with Crippen LogP contribution in [0.1, 0.15) is 50.0 Å². The van der Waals surface area contributed by atoms with Crippen LogP contribution in [-0.4, -0.2) is 45.2 Å². The van der Waals surface area contributed by atoms with Crippen LogP contribution in [0.5, 0.6) is 0 Å². The summed E-state index contributed by atoms with van der Waals surface area (Å²) in [5.74, 6) is -0.885. The van der Waals surface area contributed by atoms with Gasteiger partial charge >= 0.3 is 5.97 Å². The molecule has 144 valence electrons. The second-order valence-corrected chi connectivity index (χ2v) is 8.39. The number of piperidine rings is 1. The Labute approximate surface area is 166 Å². The molecule has 1 atom stereocenters. The topological polar surface area (TPSA) is 86.3 Å². The third-order valence-corrected chi connectivity index (χ3v) is 6.15. The number of hydrogen-bond acceptors (Lipinski definition) is 4. The Hall–Kier alpha value is -2.93. The van der Waals surface area contributed by atoms with E-state index in [9.17, 15) is 14.7 Å². The number of nitrogens with one attached hydrogen (secondary N) is 1. The van der Waals surface area contributed by atoms with Crippen LogP contribution in [0.3, 0.4) is 0 Å². The molecule has 28 heavy (non-hydrogen) atoms. The number of aromatic carboxylic acids is 1. The molecule has 0 radical (unpaired) electrons. The Kier molecular flexibility index (Phi) is 5.00. The van der Waals surface area contributed by atoms with E-state index in [1.54, 1.807) is 29.5 Å². The summed E-state index contributed by atoms with van der Waals surface area (Å²) in [7, 11) is 0. The number of carbonyl (C=O) groups excluding carboxylic acids is 1. The fourth-order valence-corrected chi connectivity index (χ4v) is 4.49. The first-order valence-electron chi connectivity index (χ1n) is 9.26. The van der Waals surface area contributed by atoms with Gasteiger partial charge in [0.1, 0.15) is 0 Å². The number of amides is 1. The van der Waals surface area contributed by atoms with E-state index in [2.05, 4.69) is 10.2 Å². The molecule has 0 saturated carbocycles. The Bertz CT molecular complexity index is 1020. The molecule has 1 aromatic carbocycles. The van der Waals surface area contributed by atoms with Gasteiger partial charge in [0.05, 0.1) is 16.1 Å². The van der Waals surface area contributed by atoms with Crippen LogP contribution in [0.4, 0.5) is 0 Å². The SMILES string of the molecule is Cc1ccc(-c2cc(C(=O)N3CCC[C@H](c4cccc(C(=O)O)c4)C3)n[nH]2)s1. The van der Waals surface area contributed by atoms with Crippen molar-refractivity contribution in [1.82, 2.24) is 15.1 Å². The van der Waals surface area contributed by atoms with Crippen LogP contribution in [0.15, 0.2) is 42.5 Å². The van der Waals surface area contributed by atoms with Crippen LogP contribution in [0, 0.1) is 6.92 Å². The molecule has 2 aromatic heterocycles. The molecule has 1 fully saturated rings. The molecule has 3 heterocycles. The summed E-state index contributed by atoms with van der Waals surface area (Å²) in [6.07, 6.45) is 1.82. The number of aryl methyl sites for hydroxylation is 1. The van der Waals surface area contributed by atoms with Crippen molar-refractivity contribution in [2.45, 2.75) is 25.7 Å². The number of carboxylic acid groups (broad SMARTS) is 1. The quantitative estimate of drug-likeness (QED) is 0.694. The van der Waals surface area contributed by atoms with Gasteiger partial charge in [0.15, 0.2) is 5.69 Å². The third kappa shape index (κ3) is 3.71. The van der Waals surface area contributed by atoms with Gasteiger partial charge in [0, 0.05) is 23.9 Å². The Balaban J connectivity index is 1.50. The summed E-state index contributed by atoms with van der Waals surface area (Å²) < 4.78 is 0. The fourth-order valence-electron chi connectivity index (χ4n) is 3.66. The maximum absolute atomic E-state index is 13.0. The summed E-state index contributed by atoms with van der Waals surface area (Å²) in [4.78, 5) is 28.3. The normalized spacial score (nSPS) is 16.9. The van der Waals surface area contributed by atoms with Crippen molar-refractivity contribution >= 4 is 23.2 Å². The minimum atomic E-state index is -0.932. The van der Waals surface area contributed by atoms with Crippen molar-refractivity contribution < 1.29 is 14.7 Å². The predicted molar refractivity (Wildman–Crippen MR) is 108 cm³/mol. The second kappa shape index (κ2) is 7.59. The number of likely N-dealkylation sites (tertiary alicyclic amines) is 1. The van der Waals surface area contributed by atoms with Crippen LogP contribution in [0.2, 0.25) is 0 Å². The number of rotatable bonds is 4. The molecule has 3 aromatic rings. The van der Waals surface area contributed by atoms with E-state index in [0.717, 1.165) is 29.0 Å². The lowest BCUT2D eigenvalue weighted by atomic mass is 9.89. The van der Waals surface area contributed by atoms with E-state index < -0.39 is 5.97 Å². The number of carbonyl (C=O) groups is 2. The first kappa shape index (κ1) is 18.4. The molecule has 0 bridgehead atoms. The lowest BCUT2D eigenvalue weighted by molar-refractivity contribution is 0.0685. The molecule has 2 N–H and O–H groups in total. The second-order valence-electron chi connectivity index (χ2n) is 7.10. The average Bonchev–Trinajstić information content (AvgIpc) is 3.37. The minimum absolute atomic E-state index is 0.0881. The molecule has 0 unspecified atom stereocenters. The number of carboxylic acids is 1. The van der Waals surface area contributed by atoms with Gasteiger partial charge in [-0.15, -0.1) is 11.3 Å². The van der Waals surface area contributed by atoms with Crippen LogP contribution >= 0.6 is 11.3 Å². The van der Waals surface area contributed by atoms with Crippen molar-refractivity contribution in [2.24, 2.45) is 0 Å². The van der Waals surface area contributed by atoms with Gasteiger partial charge < -0.3 is 10.0 Å². The highest BCUT2D eigenvalue weighted by molar-refractivity contribution is 7.15. The number of aromatic nitrogens is 2. The summed E-state index contributed by atoms with van der Waals surface area (Å²) >= 11 is 1.66. The number of H-pyrrole nitrogens is 1. The van der Waals surface area contributed by atoms with Crippen molar-refractivity contribution in [3.63, 3.8) is 0 Å². The summed E-state index contributed by atoms with van der Waals surface area (Å²) in [5.41, 5.74) is 2.52. The third-order valence-electron chi connectivity index (χ3n) is 5.12. The highest BCUT2D eigenvalue weighted by atomic mass is 32.1. The molecule has 6 nitrogen and oxygen atoms in total. The Morgan fingerprint density at radius 3 is 2.86 bits per heavy atom. The van der Waals surface area contributed by atoms with E-state index in [1.165, 1.54) is 4.88 Å². The summed E-state index contributed by atoms with van der Waals surface area (Å²) in [6, 6.07) is 12.9. The van der Waals surface area contributed by atoms with E-state index in [1.807, 2.05) is 36.1 Å². The van der Waals surface area contributed by atoms with E-state index in [4.69, 9.17) is 0 Å². The van der Waals surface area contributed by atoms with E-state index >= 15 is 0 Å². The maximum Gasteiger partial charge on any atom is 0.335 e. The van der Waals surface area contributed by atoms with Gasteiger partial charge in [-0.3, -0.25) is 9.89 Å². The van der Waals surface area contributed by atoms with Crippen molar-refractivity contribution in [3.8, 4) is 10.6 Å². The number of aromatic amines is 1. The molecule has 0 spiro atoms. The number of nitrogens with zero attached hydrogens (tertiary/aromatic N) is 2. The first-order chi connectivity index (χ1) is 13.5. The number of benzene rings is 1. The van der Waals surface area contributed by atoms with Gasteiger partial charge in [-0.1, -0.05) is 12.1 Å². The monoisotopic (exact) mass is 395 g/mol. The molecule has 1 aliphatic heterocycles. The zero-order valence-electron chi connectivity index (χ0n) is 15.5. The van der Waals surface area contributed by atoms with Gasteiger partial charge in [-0.25, -0.2) is 4.79 Å². The van der Waals surface area contributed by atoms with Crippen LogP contribution in [0.25, 0.3) is 10.6 Å². The van der Waals surface area contributed by atoms with Gasteiger partial charge in [-0.05, 0) is 55.7 Å². The van der Waals surface area contributed by atoms with Gasteiger partial charge in [0.25, 0.3) is 5.91 Å². The molecule has 1 saturated heterocycles. The molecular formula is C21H21N3O3S. The van der Waals surface area contributed by atoms with Crippen LogP contribution in [-0.2, 0) is 0 Å². The first-order valence-corrected chi connectivity index (χ1v) is 10.1. The van der Waals surface area contributed by atoms with E-state index in [-0.39, 0.29) is 17.4 Å². The summed E-state index contributed by atoms with van der Waals surface area (Å²) in [5, 5.41) is 16.4. The zero-order valence-corrected chi connectivity index (χ0v) is 16.3. The highest BCUT2D eigenvalue weighted by Gasteiger charge is 2.27. The lowest BCUT2D eigenvalue weighted by Gasteiger charge is -2.32. The van der Waals surface area contributed by atoms with Crippen molar-refractivity contribution in [3.05, 3.63) is 64.2 Å². The van der Waals surface area contributed by atoms with Crippen LogP contribution < -0.4 is 0 Å². The maximum atomic E-state index is 13.0. The zero-order chi connectivity index (χ0) is 19.7. The fraction of sp³-hybridized carbons (Fsp3) is 0.286. The molecule has 7 heteroatoms. The molecule has 1 amide bonds. The van der Waals surface area contributed by atoms with Crippen molar-refractivity contribution in [2.75, 3.05) is 13.1 Å². The lowest BCUT2D eigenvalue weighted by Crippen LogP contribution is -2.39. The molecule has 1 aliphatic rings. The largest absolute Gasteiger partial charge is 0.478 e. The van der Waals surface area contributed by atoms with Crippen molar-refractivity contribution in [1.29, 1.82) is 0 Å². The Morgan fingerprint density at radius 1 is 1.25 bits per heavy atom. The highest BCUT2D eigenvalue weighted by Crippen LogP contribution is 2.30. The standard InChI is InChI=1S/C21H21N3O3S/c1-13-7-8-19(28-13)17-11-18(23-22-17)20(25)24-9-3-6-16(12-24)14-4-2-5-15(10-14)21(26)27/h2,4-5,7-8,10-11,16H,3,6,9,12H2,1H3,(H,22,23)(H,26,27)/t16-/m0/s1. The molecule has 0 aliphatic carbocycles. The molecular weight excluding hydrogens is 374 g/mol. The Morgan fingerprint density at radius 2 is 2.11 bits per heavy atom. The number of thiophene rings is 1. The average molecular weight is 395 g/mol. The minimum Gasteiger partial charge on any atom is -0.478 e. The smallest absolute Gasteiger partial charge is 0.335 e. The summed E-state index contributed by atoms with van der Waals surface area (Å²) in [6.45, 7) is 3.31. The van der Waals surface area contributed by atoms with E-state index in [0.29, 0.717) is 18.8 Å². The van der Waals surface area contributed by atoms with Gasteiger partial charge in [-0.2, -0.15) is 5.10 Å². The van der Waals surface area contributed by atoms with Gasteiger partial charge in [0.2, 0.25) is 0 Å². The number of hydrogen-bond donors (Lipinski definition) is 2. The molecule has 4 rings (SSSR count). The predicted octanol–water partition coefficient (Wildman–Crippen LogP) is 4.16.